The highest BCUT2D eigenvalue weighted by atomic mass is 35.5. The zero-order valence-corrected chi connectivity index (χ0v) is 13.4. The van der Waals surface area contributed by atoms with Gasteiger partial charge in [-0.25, -0.2) is 9.97 Å². The van der Waals surface area contributed by atoms with E-state index in [1.165, 1.54) is 7.11 Å². The van der Waals surface area contributed by atoms with Crippen LogP contribution in [0, 0.1) is 6.92 Å². The van der Waals surface area contributed by atoms with Crippen molar-refractivity contribution >= 4 is 34.2 Å². The van der Waals surface area contributed by atoms with Crippen LogP contribution in [0.3, 0.4) is 0 Å². The number of nitrogens with one attached hydrogen (secondary N) is 1. The van der Waals surface area contributed by atoms with E-state index < -0.39 is 0 Å². The van der Waals surface area contributed by atoms with Gasteiger partial charge in [0.25, 0.3) is 5.91 Å². The van der Waals surface area contributed by atoms with Crippen LogP contribution in [0.1, 0.15) is 16.2 Å². The minimum absolute atomic E-state index is 0.288. The average Bonchev–Trinajstić information content (AvgIpc) is 2.54. The van der Waals surface area contributed by atoms with Crippen molar-refractivity contribution in [2.45, 2.75) is 6.92 Å². The third-order valence-corrected chi connectivity index (χ3v) is 3.66. The maximum absolute atomic E-state index is 12.5. The summed E-state index contributed by atoms with van der Waals surface area (Å²) in [5.74, 6) is 0.216. The number of fused-ring (bicyclic) bond motifs is 1. The third kappa shape index (κ3) is 3.10. The van der Waals surface area contributed by atoms with Crippen LogP contribution in [0.5, 0.6) is 5.75 Å². The molecule has 6 heteroatoms. The molecule has 0 fully saturated rings. The van der Waals surface area contributed by atoms with Crippen molar-refractivity contribution in [3.8, 4) is 5.75 Å². The van der Waals surface area contributed by atoms with Gasteiger partial charge in [0, 0.05) is 5.69 Å². The van der Waals surface area contributed by atoms with E-state index in [0.29, 0.717) is 27.7 Å². The minimum atomic E-state index is -0.331. The van der Waals surface area contributed by atoms with Crippen LogP contribution in [0.25, 0.3) is 11.0 Å². The molecule has 5 nitrogen and oxygen atoms in total. The Labute approximate surface area is 138 Å². The summed E-state index contributed by atoms with van der Waals surface area (Å²) in [6, 6.07) is 12.5. The summed E-state index contributed by atoms with van der Waals surface area (Å²) in [6.45, 7) is 1.76. The number of anilines is 1. The molecule has 1 aromatic heterocycles. The number of rotatable bonds is 3. The molecule has 0 bridgehead atoms. The average molecular weight is 328 g/mol. The van der Waals surface area contributed by atoms with Crippen molar-refractivity contribution in [3.63, 3.8) is 0 Å². The number of benzene rings is 2. The Morgan fingerprint density at radius 2 is 1.83 bits per heavy atom. The molecule has 3 rings (SSSR count). The van der Waals surface area contributed by atoms with Gasteiger partial charge in [0.15, 0.2) is 0 Å². The number of methoxy groups -OCH3 is 1. The molecule has 1 amide bonds. The number of nitrogens with zero attached hydrogens (tertiary/aromatic N) is 2. The van der Waals surface area contributed by atoms with Crippen LogP contribution in [-0.4, -0.2) is 23.0 Å². The van der Waals surface area contributed by atoms with Gasteiger partial charge in [0.2, 0.25) is 0 Å². The molecule has 0 aliphatic rings. The van der Waals surface area contributed by atoms with Gasteiger partial charge in [0.1, 0.15) is 11.4 Å². The van der Waals surface area contributed by atoms with Gasteiger partial charge in [-0.3, -0.25) is 4.79 Å². The number of ether oxygens (including phenoxy) is 1. The summed E-state index contributed by atoms with van der Waals surface area (Å²) >= 11 is 6.06. The maximum atomic E-state index is 12.5. The largest absolute Gasteiger partial charge is 0.495 e. The Balaban J connectivity index is 1.91. The molecule has 3 aromatic rings. The van der Waals surface area contributed by atoms with Gasteiger partial charge < -0.3 is 10.1 Å². The molecule has 0 radical (unpaired) electrons. The highest BCUT2D eigenvalue weighted by Gasteiger charge is 2.14. The first kappa shape index (κ1) is 15.2. The van der Waals surface area contributed by atoms with Crippen molar-refractivity contribution < 1.29 is 9.53 Å². The molecular formula is C17H14ClN3O2. The molecule has 1 heterocycles. The van der Waals surface area contributed by atoms with Crippen LogP contribution < -0.4 is 10.1 Å². The predicted octanol–water partition coefficient (Wildman–Crippen LogP) is 3.85. The fourth-order valence-electron chi connectivity index (χ4n) is 2.24. The third-order valence-electron chi connectivity index (χ3n) is 3.37. The lowest BCUT2D eigenvalue weighted by molar-refractivity contribution is 0.102. The van der Waals surface area contributed by atoms with Gasteiger partial charge in [-0.05, 0) is 37.3 Å². The van der Waals surface area contributed by atoms with Crippen molar-refractivity contribution in [3.05, 3.63) is 58.9 Å². The molecule has 0 aliphatic heterocycles. The summed E-state index contributed by atoms with van der Waals surface area (Å²) in [7, 11) is 1.54. The smallest absolute Gasteiger partial charge is 0.276 e. The molecule has 0 unspecified atom stereocenters. The minimum Gasteiger partial charge on any atom is -0.495 e. The first-order chi connectivity index (χ1) is 11.1. The number of halogens is 1. The van der Waals surface area contributed by atoms with Crippen molar-refractivity contribution in [2.24, 2.45) is 0 Å². The number of hydrogen-bond donors (Lipinski definition) is 1. The van der Waals surface area contributed by atoms with Gasteiger partial charge in [-0.2, -0.15) is 0 Å². The van der Waals surface area contributed by atoms with Crippen molar-refractivity contribution in [2.75, 3.05) is 12.4 Å². The lowest BCUT2D eigenvalue weighted by atomic mass is 10.2. The first-order valence-corrected chi connectivity index (χ1v) is 7.34. The number of carbonyl (C=O) groups excluding carboxylic acids is 1. The molecule has 116 valence electrons. The fraction of sp³-hybridized carbons (Fsp3) is 0.118. The van der Waals surface area contributed by atoms with Crippen LogP contribution >= 0.6 is 11.6 Å². The molecule has 23 heavy (non-hydrogen) atoms. The topological polar surface area (TPSA) is 64.1 Å². The molecule has 2 aromatic carbocycles. The monoisotopic (exact) mass is 327 g/mol. The number of amides is 1. The van der Waals surface area contributed by atoms with E-state index >= 15 is 0 Å². The van der Waals surface area contributed by atoms with E-state index in [1.54, 1.807) is 25.1 Å². The Bertz CT molecular complexity index is 896. The first-order valence-electron chi connectivity index (χ1n) is 6.97. The Kier molecular flexibility index (Phi) is 4.12. The summed E-state index contributed by atoms with van der Waals surface area (Å²) in [5.41, 5.74) is 2.86. The SMILES string of the molecule is COc1ccc(NC(=O)c2nc3ccccc3nc2C)cc1Cl. The van der Waals surface area contributed by atoms with Crippen molar-refractivity contribution in [1.29, 1.82) is 0 Å². The number of para-hydroxylation sites is 2. The predicted molar refractivity (Wildman–Crippen MR) is 90.2 cm³/mol. The lowest BCUT2D eigenvalue weighted by Crippen LogP contribution is -2.16. The highest BCUT2D eigenvalue weighted by molar-refractivity contribution is 6.32. The van der Waals surface area contributed by atoms with E-state index in [4.69, 9.17) is 16.3 Å². The zero-order chi connectivity index (χ0) is 16.4. The number of hydrogen-bond acceptors (Lipinski definition) is 4. The summed E-state index contributed by atoms with van der Waals surface area (Å²) in [6.07, 6.45) is 0. The van der Waals surface area contributed by atoms with Gasteiger partial charge >= 0.3 is 0 Å². The molecule has 0 saturated heterocycles. The van der Waals surface area contributed by atoms with Gasteiger partial charge in [-0.15, -0.1) is 0 Å². The van der Waals surface area contributed by atoms with Crippen LogP contribution in [0.2, 0.25) is 5.02 Å². The van der Waals surface area contributed by atoms with E-state index in [-0.39, 0.29) is 11.6 Å². The standard InChI is InChI=1S/C17H14ClN3O2/c1-10-16(21-14-6-4-3-5-13(14)19-10)17(22)20-11-7-8-15(23-2)12(18)9-11/h3-9H,1-2H3,(H,20,22). The lowest BCUT2D eigenvalue weighted by Gasteiger charge is -2.09. The molecule has 0 atom stereocenters. The molecule has 1 N–H and O–H groups in total. The second-order valence-electron chi connectivity index (χ2n) is 4.95. The number of carbonyl (C=O) groups is 1. The van der Waals surface area contributed by atoms with E-state index in [9.17, 15) is 4.79 Å². The normalized spacial score (nSPS) is 10.6. The van der Waals surface area contributed by atoms with Gasteiger partial charge in [0.05, 0.1) is 28.9 Å². The Morgan fingerprint density at radius 3 is 2.48 bits per heavy atom. The highest BCUT2D eigenvalue weighted by Crippen LogP contribution is 2.27. The van der Waals surface area contributed by atoms with Crippen LogP contribution in [0.4, 0.5) is 5.69 Å². The Hall–Kier alpha value is -2.66. The fourth-order valence-corrected chi connectivity index (χ4v) is 2.50. The number of aryl methyl sites for hydroxylation is 1. The second kappa shape index (κ2) is 6.22. The molecular weight excluding hydrogens is 314 g/mol. The zero-order valence-electron chi connectivity index (χ0n) is 12.6. The van der Waals surface area contributed by atoms with Crippen LogP contribution in [0.15, 0.2) is 42.5 Å². The molecule has 0 saturated carbocycles. The van der Waals surface area contributed by atoms with Crippen LogP contribution in [-0.2, 0) is 0 Å². The quantitative estimate of drug-likeness (QED) is 0.793. The van der Waals surface area contributed by atoms with Crippen molar-refractivity contribution in [1.82, 2.24) is 9.97 Å². The van der Waals surface area contributed by atoms with Gasteiger partial charge in [-0.1, -0.05) is 23.7 Å². The summed E-state index contributed by atoms with van der Waals surface area (Å²) < 4.78 is 5.09. The maximum Gasteiger partial charge on any atom is 0.276 e. The Morgan fingerprint density at radius 1 is 1.13 bits per heavy atom. The van der Waals surface area contributed by atoms with E-state index in [2.05, 4.69) is 15.3 Å². The molecule has 0 spiro atoms. The summed E-state index contributed by atoms with van der Waals surface area (Å²) in [5, 5.41) is 3.20. The summed E-state index contributed by atoms with van der Waals surface area (Å²) in [4.78, 5) is 21.3. The second-order valence-corrected chi connectivity index (χ2v) is 5.36. The molecule has 0 aliphatic carbocycles. The van der Waals surface area contributed by atoms with E-state index in [0.717, 1.165) is 5.52 Å². The van der Waals surface area contributed by atoms with E-state index in [1.807, 2.05) is 24.3 Å². The number of aromatic nitrogens is 2.